The van der Waals surface area contributed by atoms with Crippen LogP contribution in [-0.2, 0) is 4.74 Å². The van der Waals surface area contributed by atoms with Crippen molar-refractivity contribution < 1.29 is 17.9 Å². The lowest BCUT2D eigenvalue weighted by molar-refractivity contribution is -0.174. The van der Waals surface area contributed by atoms with Gasteiger partial charge in [-0.1, -0.05) is 6.92 Å². The molecular weight excluding hydrogens is 269 g/mol. The van der Waals surface area contributed by atoms with E-state index in [0.717, 1.165) is 39.1 Å². The van der Waals surface area contributed by atoms with E-state index < -0.39 is 12.8 Å². The minimum atomic E-state index is -4.21. The number of ether oxygens (including phenoxy) is 1. The first kappa shape index (κ1) is 17.7. The second-order valence-corrected chi connectivity index (χ2v) is 5.53. The Balaban J connectivity index is 2.14. The summed E-state index contributed by atoms with van der Waals surface area (Å²) in [6, 6.07) is 0. The standard InChI is InChI=1S/C14H27F3N2O/c1-2-7-19(11-13-5-3-6-18-10-13)8-4-9-20-12-14(15,16)17/h13,18H,2-12H2,1H3. The molecule has 3 nitrogen and oxygen atoms in total. The van der Waals surface area contributed by atoms with E-state index in [1.54, 1.807) is 0 Å². The van der Waals surface area contributed by atoms with Crippen LogP contribution in [0, 0.1) is 5.92 Å². The van der Waals surface area contributed by atoms with Crippen molar-refractivity contribution in [2.45, 2.75) is 38.8 Å². The fourth-order valence-electron chi connectivity index (χ4n) is 2.63. The van der Waals surface area contributed by atoms with Gasteiger partial charge in [0, 0.05) is 19.7 Å². The molecule has 1 unspecified atom stereocenters. The molecule has 0 aromatic heterocycles. The Bertz CT molecular complexity index is 243. The molecule has 1 aliphatic heterocycles. The highest BCUT2D eigenvalue weighted by atomic mass is 19.4. The molecule has 1 saturated heterocycles. The van der Waals surface area contributed by atoms with Crippen molar-refractivity contribution in [1.82, 2.24) is 10.2 Å². The van der Waals surface area contributed by atoms with E-state index in [0.29, 0.717) is 12.3 Å². The molecule has 1 aliphatic rings. The van der Waals surface area contributed by atoms with Crippen LogP contribution in [0.15, 0.2) is 0 Å². The number of nitrogens with one attached hydrogen (secondary N) is 1. The topological polar surface area (TPSA) is 24.5 Å². The molecule has 1 atom stereocenters. The van der Waals surface area contributed by atoms with Gasteiger partial charge in [-0.05, 0) is 51.2 Å². The van der Waals surface area contributed by atoms with E-state index in [2.05, 4.69) is 21.9 Å². The minimum Gasteiger partial charge on any atom is -0.372 e. The van der Waals surface area contributed by atoms with Crippen molar-refractivity contribution in [3.05, 3.63) is 0 Å². The molecule has 0 aromatic carbocycles. The maximum Gasteiger partial charge on any atom is 0.411 e. The minimum absolute atomic E-state index is 0.183. The molecule has 1 N–H and O–H groups in total. The average Bonchev–Trinajstić information content (AvgIpc) is 2.38. The van der Waals surface area contributed by atoms with Crippen LogP contribution in [0.5, 0.6) is 0 Å². The summed E-state index contributed by atoms with van der Waals surface area (Å²) in [4.78, 5) is 2.36. The molecule has 0 saturated carbocycles. The highest BCUT2D eigenvalue weighted by Crippen LogP contribution is 2.15. The molecule has 0 aromatic rings. The Hall–Kier alpha value is -0.330. The van der Waals surface area contributed by atoms with E-state index in [-0.39, 0.29) is 6.61 Å². The van der Waals surface area contributed by atoms with Crippen molar-refractivity contribution in [1.29, 1.82) is 0 Å². The van der Waals surface area contributed by atoms with Crippen LogP contribution in [0.3, 0.4) is 0 Å². The normalized spacial score (nSPS) is 20.6. The number of piperidine rings is 1. The Kier molecular flexibility index (Phi) is 8.49. The Labute approximate surface area is 119 Å². The predicted molar refractivity (Wildman–Crippen MR) is 73.8 cm³/mol. The summed E-state index contributed by atoms with van der Waals surface area (Å²) >= 11 is 0. The van der Waals surface area contributed by atoms with Gasteiger partial charge in [0.1, 0.15) is 6.61 Å². The predicted octanol–water partition coefficient (Wildman–Crippen LogP) is 2.67. The summed E-state index contributed by atoms with van der Waals surface area (Å²) in [5.41, 5.74) is 0. The molecule has 0 aliphatic carbocycles. The van der Waals surface area contributed by atoms with E-state index in [4.69, 9.17) is 0 Å². The fourth-order valence-corrected chi connectivity index (χ4v) is 2.63. The largest absolute Gasteiger partial charge is 0.411 e. The van der Waals surface area contributed by atoms with Crippen LogP contribution in [0.4, 0.5) is 13.2 Å². The smallest absolute Gasteiger partial charge is 0.372 e. The third-order valence-electron chi connectivity index (χ3n) is 3.48. The van der Waals surface area contributed by atoms with Gasteiger partial charge in [-0.3, -0.25) is 0 Å². The Morgan fingerprint density at radius 1 is 1.30 bits per heavy atom. The molecule has 0 amide bonds. The molecule has 6 heteroatoms. The number of nitrogens with zero attached hydrogens (tertiary/aromatic N) is 1. The quantitative estimate of drug-likeness (QED) is 0.662. The first-order valence-corrected chi connectivity index (χ1v) is 7.59. The molecule has 0 spiro atoms. The van der Waals surface area contributed by atoms with Crippen LogP contribution < -0.4 is 5.32 Å². The van der Waals surface area contributed by atoms with E-state index in [1.165, 1.54) is 12.8 Å². The lowest BCUT2D eigenvalue weighted by Gasteiger charge is -2.30. The van der Waals surface area contributed by atoms with Gasteiger partial charge in [0.2, 0.25) is 0 Å². The molecule has 1 rings (SSSR count). The summed E-state index contributed by atoms with van der Waals surface area (Å²) in [6.45, 7) is 6.22. The monoisotopic (exact) mass is 296 g/mol. The lowest BCUT2D eigenvalue weighted by atomic mass is 9.99. The number of halogens is 3. The van der Waals surface area contributed by atoms with Gasteiger partial charge in [0.25, 0.3) is 0 Å². The van der Waals surface area contributed by atoms with Gasteiger partial charge in [-0.25, -0.2) is 0 Å². The number of rotatable bonds is 9. The van der Waals surface area contributed by atoms with Gasteiger partial charge >= 0.3 is 6.18 Å². The van der Waals surface area contributed by atoms with Gasteiger partial charge in [0.05, 0.1) is 0 Å². The Morgan fingerprint density at radius 2 is 2.10 bits per heavy atom. The summed E-state index contributed by atoms with van der Waals surface area (Å²) in [7, 11) is 0. The highest BCUT2D eigenvalue weighted by Gasteiger charge is 2.27. The SMILES string of the molecule is CCCN(CCCOCC(F)(F)F)CC1CCCNC1. The van der Waals surface area contributed by atoms with E-state index >= 15 is 0 Å². The highest BCUT2D eigenvalue weighted by molar-refractivity contribution is 4.73. The zero-order valence-corrected chi connectivity index (χ0v) is 12.3. The fraction of sp³-hybridized carbons (Fsp3) is 1.00. The number of hydrogen-bond acceptors (Lipinski definition) is 3. The zero-order chi connectivity index (χ0) is 14.8. The van der Waals surface area contributed by atoms with Crippen LogP contribution >= 0.6 is 0 Å². The first-order valence-electron chi connectivity index (χ1n) is 7.59. The van der Waals surface area contributed by atoms with Gasteiger partial charge in [0.15, 0.2) is 0 Å². The van der Waals surface area contributed by atoms with Crippen molar-refractivity contribution in [2.75, 3.05) is 45.9 Å². The summed E-state index contributed by atoms with van der Waals surface area (Å²) in [6.07, 6.45) is -0.00618. The van der Waals surface area contributed by atoms with Crippen LogP contribution in [-0.4, -0.2) is 57.0 Å². The number of hydrogen-bond donors (Lipinski definition) is 1. The molecular formula is C14H27F3N2O. The van der Waals surface area contributed by atoms with Crippen LogP contribution in [0.1, 0.15) is 32.6 Å². The third-order valence-corrected chi connectivity index (χ3v) is 3.48. The van der Waals surface area contributed by atoms with Crippen molar-refractivity contribution in [2.24, 2.45) is 5.92 Å². The van der Waals surface area contributed by atoms with Crippen molar-refractivity contribution >= 4 is 0 Å². The molecule has 1 fully saturated rings. The number of alkyl halides is 3. The third kappa shape index (κ3) is 8.76. The van der Waals surface area contributed by atoms with Crippen molar-refractivity contribution in [3.8, 4) is 0 Å². The molecule has 0 bridgehead atoms. The second-order valence-electron chi connectivity index (χ2n) is 5.53. The lowest BCUT2D eigenvalue weighted by Crippen LogP contribution is -2.39. The first-order chi connectivity index (χ1) is 9.51. The van der Waals surface area contributed by atoms with E-state index in [1.807, 2.05) is 0 Å². The van der Waals surface area contributed by atoms with Crippen LogP contribution in [0.2, 0.25) is 0 Å². The Morgan fingerprint density at radius 3 is 2.70 bits per heavy atom. The molecule has 1 heterocycles. The molecule has 120 valence electrons. The van der Waals surface area contributed by atoms with Gasteiger partial charge in [-0.15, -0.1) is 0 Å². The van der Waals surface area contributed by atoms with Gasteiger partial charge in [-0.2, -0.15) is 13.2 Å². The summed E-state index contributed by atoms with van der Waals surface area (Å²) < 4.78 is 40.4. The molecule has 20 heavy (non-hydrogen) atoms. The summed E-state index contributed by atoms with van der Waals surface area (Å²) in [5.74, 6) is 0.673. The molecule has 0 radical (unpaired) electrons. The maximum atomic E-state index is 11.9. The zero-order valence-electron chi connectivity index (χ0n) is 12.3. The average molecular weight is 296 g/mol. The van der Waals surface area contributed by atoms with Crippen LogP contribution in [0.25, 0.3) is 0 Å². The van der Waals surface area contributed by atoms with E-state index in [9.17, 15) is 13.2 Å². The second kappa shape index (κ2) is 9.58. The maximum absolute atomic E-state index is 11.9. The van der Waals surface area contributed by atoms with Gasteiger partial charge < -0.3 is 15.0 Å². The summed E-state index contributed by atoms with van der Waals surface area (Å²) in [5, 5.41) is 3.40. The van der Waals surface area contributed by atoms with Crippen molar-refractivity contribution in [3.63, 3.8) is 0 Å².